The first-order chi connectivity index (χ1) is 16.4. The third kappa shape index (κ3) is 4.87. The maximum absolute atomic E-state index is 13.6. The minimum Gasteiger partial charge on any atom is -0.490 e. The van der Waals surface area contributed by atoms with Crippen LogP contribution in [0.2, 0.25) is 5.02 Å². The van der Waals surface area contributed by atoms with Crippen molar-refractivity contribution in [3.8, 4) is 16.9 Å². The first kappa shape index (κ1) is 25.1. The summed E-state index contributed by atoms with van der Waals surface area (Å²) in [6.07, 6.45) is -3.47. The van der Waals surface area contributed by atoms with E-state index in [4.69, 9.17) is 41.7 Å². The van der Waals surface area contributed by atoms with E-state index in [9.17, 15) is 22.7 Å². The molecule has 0 saturated heterocycles. The quantitative estimate of drug-likeness (QED) is 0.488. The Morgan fingerprint density at radius 1 is 1.17 bits per heavy atom. The van der Waals surface area contributed by atoms with Gasteiger partial charge in [-0.15, -0.1) is 0 Å². The Kier molecular flexibility index (Phi) is 6.58. The van der Waals surface area contributed by atoms with Crippen LogP contribution < -0.4 is 10.5 Å². The van der Waals surface area contributed by atoms with Crippen LogP contribution in [0.3, 0.4) is 0 Å². The highest BCUT2D eigenvalue weighted by Crippen LogP contribution is 2.53. The van der Waals surface area contributed by atoms with Crippen molar-refractivity contribution in [2.24, 2.45) is 16.6 Å². The number of carbonyl (C=O) groups is 1. The number of hydrogen-bond donors (Lipinski definition) is 3. The van der Waals surface area contributed by atoms with E-state index in [0.29, 0.717) is 19.4 Å². The van der Waals surface area contributed by atoms with Gasteiger partial charge in [-0.1, -0.05) is 23.7 Å². The molecule has 5 rings (SSSR count). The average Bonchev–Trinajstić information content (AvgIpc) is 3.18. The van der Waals surface area contributed by atoms with Crippen LogP contribution in [0.5, 0.6) is 5.75 Å². The number of benzene rings is 2. The monoisotopic (exact) mass is 516 g/mol. The van der Waals surface area contributed by atoms with Crippen LogP contribution in [0, 0.1) is 11.7 Å². The van der Waals surface area contributed by atoms with Crippen molar-refractivity contribution >= 4 is 23.6 Å². The molecule has 2 aromatic rings. The molecule has 0 amide bonds. The van der Waals surface area contributed by atoms with Crippen molar-refractivity contribution in [3.63, 3.8) is 0 Å². The summed E-state index contributed by atoms with van der Waals surface area (Å²) in [7, 11) is 0. The first-order valence-corrected chi connectivity index (χ1v) is 11.0. The van der Waals surface area contributed by atoms with Crippen LogP contribution in [0.4, 0.5) is 17.6 Å². The Morgan fingerprint density at radius 2 is 1.83 bits per heavy atom. The average molecular weight is 517 g/mol. The van der Waals surface area contributed by atoms with Crippen LogP contribution in [-0.4, -0.2) is 47.2 Å². The molecule has 12 heteroatoms. The van der Waals surface area contributed by atoms with Gasteiger partial charge >= 0.3 is 12.1 Å². The lowest BCUT2D eigenvalue weighted by Crippen LogP contribution is -2.51. The molecule has 1 fully saturated rings. The van der Waals surface area contributed by atoms with Crippen LogP contribution in [0.1, 0.15) is 24.8 Å². The van der Waals surface area contributed by atoms with Crippen LogP contribution in [0.25, 0.3) is 11.1 Å². The van der Waals surface area contributed by atoms with E-state index in [1.54, 1.807) is 12.1 Å². The topological polar surface area (TPSA) is 114 Å². The summed E-state index contributed by atoms with van der Waals surface area (Å²) in [5.74, 6) is -2.50. The number of hydrogen-bond acceptors (Lipinski definition) is 6. The molecule has 2 heterocycles. The van der Waals surface area contributed by atoms with Crippen molar-refractivity contribution in [1.29, 1.82) is 0 Å². The third-order valence-corrected chi connectivity index (χ3v) is 6.63. The molecule has 1 aliphatic carbocycles. The molecule has 2 aliphatic heterocycles. The van der Waals surface area contributed by atoms with E-state index in [0.717, 1.165) is 28.9 Å². The highest BCUT2D eigenvalue weighted by Gasteiger charge is 2.55. The summed E-state index contributed by atoms with van der Waals surface area (Å²) >= 11 is 5.97. The van der Waals surface area contributed by atoms with Gasteiger partial charge in [0.05, 0.1) is 11.1 Å². The van der Waals surface area contributed by atoms with Crippen molar-refractivity contribution in [1.82, 2.24) is 0 Å². The molecule has 1 unspecified atom stereocenters. The molecule has 35 heavy (non-hydrogen) atoms. The fourth-order valence-corrected chi connectivity index (χ4v) is 4.91. The zero-order valence-electron chi connectivity index (χ0n) is 18.1. The lowest BCUT2D eigenvalue weighted by atomic mass is 9.67. The number of nitrogens with zero attached hydrogens (tertiary/aromatic N) is 1. The molecule has 4 N–H and O–H groups in total. The number of amidine groups is 1. The summed E-state index contributed by atoms with van der Waals surface area (Å²) < 4.78 is 57.2. The first-order valence-electron chi connectivity index (χ1n) is 10.6. The molecule has 1 spiro atoms. The third-order valence-electron chi connectivity index (χ3n) is 6.34. The van der Waals surface area contributed by atoms with E-state index < -0.39 is 23.5 Å². The zero-order valence-corrected chi connectivity index (χ0v) is 18.8. The number of carboxylic acid groups (broad SMARTS) is 1. The van der Waals surface area contributed by atoms with Gasteiger partial charge in [0.1, 0.15) is 29.8 Å². The smallest absolute Gasteiger partial charge is 0.490 e. The molecular formula is C23H21ClF4N2O5. The van der Waals surface area contributed by atoms with E-state index in [1.807, 2.05) is 18.2 Å². The van der Waals surface area contributed by atoms with Gasteiger partial charge in [-0.05, 0) is 54.7 Å². The molecule has 4 atom stereocenters. The minimum absolute atomic E-state index is 0.0307. The number of halogens is 5. The number of rotatable bonds is 1. The molecule has 0 bridgehead atoms. The predicted octanol–water partition coefficient (Wildman–Crippen LogP) is 4.24. The van der Waals surface area contributed by atoms with Gasteiger partial charge in [-0.3, -0.25) is 0 Å². The second kappa shape index (κ2) is 9.19. The second-order valence-electron chi connectivity index (χ2n) is 8.54. The largest absolute Gasteiger partial charge is 0.490 e. The summed E-state index contributed by atoms with van der Waals surface area (Å²) in [6, 6.07) is 10.6. The number of carboxylic acids is 1. The highest BCUT2D eigenvalue weighted by atomic mass is 35.5. The van der Waals surface area contributed by atoms with Gasteiger partial charge in [0.15, 0.2) is 0 Å². The summed E-state index contributed by atoms with van der Waals surface area (Å²) in [5.41, 5.74) is 7.76. The van der Waals surface area contributed by atoms with Crippen LogP contribution in [0.15, 0.2) is 41.4 Å². The molecule has 1 saturated carbocycles. The van der Waals surface area contributed by atoms with E-state index in [2.05, 4.69) is 0 Å². The highest BCUT2D eigenvalue weighted by molar-refractivity contribution is 6.31. The minimum atomic E-state index is -5.08. The number of aliphatic hydroxyl groups excluding tert-OH is 1. The standard InChI is InChI=1S/C21H20ClFN2O3.C2HF3O2/c22-16-8-12(1-4-17(16)23)11-2-5-18-14(7-11)21(10-27-20(24)25-21)15-9-13(26)3-6-19(15)28-18;3-2(4,5)1(6)7/h1-2,4-5,7-8,13,15,19,26H,3,6,9-10H2,(H2,24,25);(H,6,7)/t13-,15-,19-,21?;/m0./s1. The maximum Gasteiger partial charge on any atom is 0.490 e. The van der Waals surface area contributed by atoms with Gasteiger partial charge in [-0.25, -0.2) is 14.2 Å². The summed E-state index contributed by atoms with van der Waals surface area (Å²) in [6.45, 7) is 0.316. The fourth-order valence-electron chi connectivity index (χ4n) is 4.73. The Balaban J connectivity index is 0.000000364. The Hall–Kier alpha value is -3.05. The van der Waals surface area contributed by atoms with Crippen molar-refractivity contribution < 1.29 is 42.0 Å². The maximum atomic E-state index is 13.6. The van der Waals surface area contributed by atoms with Crippen molar-refractivity contribution in [2.75, 3.05) is 6.61 Å². The predicted molar refractivity (Wildman–Crippen MR) is 118 cm³/mol. The number of fused-ring (bicyclic) bond motifs is 4. The molecule has 0 aromatic heterocycles. The number of nitrogens with two attached hydrogens (primary N) is 1. The summed E-state index contributed by atoms with van der Waals surface area (Å²) in [4.78, 5) is 13.6. The Morgan fingerprint density at radius 3 is 2.43 bits per heavy atom. The molecule has 3 aliphatic rings. The van der Waals surface area contributed by atoms with Gasteiger partial charge in [-0.2, -0.15) is 13.2 Å². The van der Waals surface area contributed by atoms with E-state index >= 15 is 0 Å². The number of aliphatic hydroxyl groups is 1. The van der Waals surface area contributed by atoms with Gasteiger partial charge in [0.25, 0.3) is 6.02 Å². The molecule has 7 nitrogen and oxygen atoms in total. The number of alkyl halides is 3. The molecular weight excluding hydrogens is 496 g/mol. The number of aliphatic carboxylic acids is 1. The molecule has 188 valence electrons. The van der Waals surface area contributed by atoms with Crippen molar-refractivity contribution in [2.45, 2.75) is 43.2 Å². The van der Waals surface area contributed by atoms with Crippen LogP contribution in [-0.2, 0) is 15.1 Å². The van der Waals surface area contributed by atoms with E-state index in [1.165, 1.54) is 6.07 Å². The van der Waals surface area contributed by atoms with Crippen molar-refractivity contribution in [3.05, 3.63) is 52.8 Å². The van der Waals surface area contributed by atoms with Gasteiger partial charge < -0.3 is 25.4 Å². The second-order valence-corrected chi connectivity index (χ2v) is 8.94. The lowest BCUT2D eigenvalue weighted by molar-refractivity contribution is -0.192. The normalized spacial score (nSPS) is 26.9. The zero-order chi connectivity index (χ0) is 25.5. The van der Waals surface area contributed by atoms with Gasteiger partial charge in [0, 0.05) is 11.5 Å². The van der Waals surface area contributed by atoms with E-state index in [-0.39, 0.29) is 29.2 Å². The van der Waals surface area contributed by atoms with Crippen LogP contribution >= 0.6 is 11.6 Å². The molecule has 2 aromatic carbocycles. The Bertz CT molecular complexity index is 1180. The SMILES string of the molecule is NC1=NC2(CO1)c1cc(-c3ccc(F)c(Cl)c3)ccc1O[C@H]1CC[C@H](O)C[C@@H]12.O=C(O)C(F)(F)F. The lowest BCUT2D eigenvalue weighted by Gasteiger charge is -2.47. The fraction of sp³-hybridized carbons (Fsp3) is 0.391. The summed E-state index contributed by atoms with van der Waals surface area (Å²) in [5, 5.41) is 17.5. The Labute approximate surface area is 202 Å². The number of aliphatic imine (C=N–C) groups is 1. The van der Waals surface area contributed by atoms with Gasteiger partial charge in [0.2, 0.25) is 0 Å². The molecule has 0 radical (unpaired) electrons. The number of ether oxygens (including phenoxy) is 2.